The van der Waals surface area contributed by atoms with Gasteiger partial charge in [-0.15, -0.1) is 0 Å². The van der Waals surface area contributed by atoms with Crippen LogP contribution in [0.1, 0.15) is 25.3 Å². The number of fused-ring (bicyclic) bond motifs is 1. The van der Waals surface area contributed by atoms with Crippen molar-refractivity contribution in [3.63, 3.8) is 0 Å². The highest BCUT2D eigenvalue weighted by Crippen LogP contribution is 2.39. The molecule has 6 nitrogen and oxygen atoms in total. The largest absolute Gasteiger partial charge is 0.507 e. The van der Waals surface area contributed by atoms with E-state index in [9.17, 15) is 18.5 Å². The van der Waals surface area contributed by atoms with Crippen LogP contribution in [0.2, 0.25) is 6.32 Å². The molecule has 2 aliphatic heterocycles. The zero-order chi connectivity index (χ0) is 22.7. The smallest absolute Gasteiger partial charge is 0.456 e. The second-order valence-electron chi connectivity index (χ2n) is 8.36. The minimum atomic E-state index is -3.40. The summed E-state index contributed by atoms with van der Waals surface area (Å²) in [6, 6.07) is 16.4. The Balaban J connectivity index is 1.53. The first kappa shape index (κ1) is 22.6. The van der Waals surface area contributed by atoms with Crippen LogP contribution in [0.15, 0.2) is 71.3 Å². The number of para-hydroxylation sites is 2. The van der Waals surface area contributed by atoms with Gasteiger partial charge in [0.05, 0.1) is 17.1 Å². The van der Waals surface area contributed by atoms with Gasteiger partial charge < -0.3 is 19.5 Å². The van der Waals surface area contributed by atoms with Crippen molar-refractivity contribution < 1.29 is 27.9 Å². The molecule has 0 saturated carbocycles. The predicted octanol–water partition coefficient (Wildman–Crippen LogP) is 3.63. The van der Waals surface area contributed by atoms with Crippen molar-refractivity contribution in [1.82, 2.24) is 0 Å². The minimum Gasteiger partial charge on any atom is -0.507 e. The lowest BCUT2D eigenvalue weighted by Gasteiger charge is -2.32. The molecule has 2 aliphatic rings. The molecule has 0 spiro atoms. The molecule has 1 fully saturated rings. The Morgan fingerprint density at radius 3 is 2.66 bits per heavy atom. The Kier molecular flexibility index (Phi) is 6.74. The molecule has 2 N–H and O–H groups in total. The van der Waals surface area contributed by atoms with E-state index in [0.717, 1.165) is 22.3 Å². The third-order valence-electron chi connectivity index (χ3n) is 5.94. The predicted molar refractivity (Wildman–Crippen MR) is 125 cm³/mol. The average molecular weight is 454 g/mol. The van der Waals surface area contributed by atoms with Crippen LogP contribution in [0.25, 0.3) is 6.08 Å². The summed E-state index contributed by atoms with van der Waals surface area (Å²) in [5.41, 5.74) is 3.21. The van der Waals surface area contributed by atoms with E-state index in [1.807, 2.05) is 55.5 Å². The Bertz CT molecular complexity index is 1130. The molecule has 0 amide bonds. The van der Waals surface area contributed by atoms with E-state index in [1.54, 1.807) is 12.1 Å². The van der Waals surface area contributed by atoms with Crippen molar-refractivity contribution >= 4 is 23.0 Å². The first-order valence-electron chi connectivity index (χ1n) is 10.7. The van der Waals surface area contributed by atoms with Gasteiger partial charge in [-0.2, -0.15) is 0 Å². The third kappa shape index (κ3) is 5.09. The number of hydrogen-bond donors (Lipinski definition) is 2. The van der Waals surface area contributed by atoms with Gasteiger partial charge in [0, 0.05) is 11.9 Å². The molecular formula is C24H27BO6S. The monoisotopic (exact) mass is 454 g/mol. The fourth-order valence-electron chi connectivity index (χ4n) is 4.40. The number of sulfone groups is 1. The molecule has 0 aromatic heterocycles. The van der Waals surface area contributed by atoms with Crippen LogP contribution in [-0.2, 0) is 14.5 Å². The molecule has 168 valence electrons. The molecule has 8 heteroatoms. The molecule has 2 heterocycles. The number of rotatable bonds is 7. The van der Waals surface area contributed by atoms with Crippen LogP contribution in [0.3, 0.4) is 0 Å². The topological polar surface area (TPSA) is 93.1 Å². The summed E-state index contributed by atoms with van der Waals surface area (Å²) in [5.74, 6) is 0.816. The van der Waals surface area contributed by atoms with Crippen molar-refractivity contribution in [2.45, 2.75) is 37.4 Å². The Morgan fingerprint density at radius 2 is 1.91 bits per heavy atom. The fraction of sp³-hybridized carbons (Fsp3) is 0.333. The first-order valence-corrected chi connectivity index (χ1v) is 12.4. The van der Waals surface area contributed by atoms with Crippen LogP contribution in [-0.4, -0.2) is 49.4 Å². The van der Waals surface area contributed by atoms with E-state index in [0.29, 0.717) is 18.6 Å². The van der Waals surface area contributed by atoms with E-state index in [4.69, 9.17) is 9.39 Å². The first-order chi connectivity index (χ1) is 15.3. The maximum atomic E-state index is 12.8. The summed E-state index contributed by atoms with van der Waals surface area (Å²) >= 11 is 0. The molecule has 2 aromatic carbocycles. The van der Waals surface area contributed by atoms with E-state index in [1.165, 1.54) is 0 Å². The van der Waals surface area contributed by atoms with Gasteiger partial charge in [0.1, 0.15) is 18.1 Å². The molecule has 0 unspecified atom stereocenters. The molecule has 1 saturated heterocycles. The number of phenols is 1. The van der Waals surface area contributed by atoms with E-state index < -0.39 is 28.3 Å². The Hall–Kier alpha value is -2.55. The number of hydrogen-bond acceptors (Lipinski definition) is 6. The summed E-state index contributed by atoms with van der Waals surface area (Å²) in [6.07, 6.45) is 2.63. The van der Waals surface area contributed by atoms with Gasteiger partial charge in [-0.25, -0.2) is 8.42 Å². The highest BCUT2D eigenvalue weighted by atomic mass is 32.2. The maximum Gasteiger partial charge on any atom is 0.456 e. The van der Waals surface area contributed by atoms with Crippen LogP contribution in [0.5, 0.6) is 11.5 Å². The van der Waals surface area contributed by atoms with E-state index in [-0.39, 0.29) is 24.4 Å². The molecule has 4 rings (SSSR count). The van der Waals surface area contributed by atoms with Crippen molar-refractivity contribution in [3.8, 4) is 11.5 Å². The highest BCUT2D eigenvalue weighted by molar-refractivity contribution is 7.92. The zero-order valence-corrected chi connectivity index (χ0v) is 18.8. The third-order valence-corrected chi connectivity index (χ3v) is 8.01. The molecule has 2 aromatic rings. The van der Waals surface area contributed by atoms with Gasteiger partial charge >= 0.3 is 7.12 Å². The number of benzene rings is 2. The molecule has 2 atom stereocenters. The lowest BCUT2D eigenvalue weighted by atomic mass is 9.74. The summed E-state index contributed by atoms with van der Waals surface area (Å²) < 4.78 is 37.3. The molecule has 0 aliphatic carbocycles. The standard InChI is InChI=1S/C24H27BO6S/c1-17(13-18-7-5-6-10-21(18)26)11-12-22-24-19(15-30-20-8-3-2-4-9-20)16-32(28,29)23(24)14-25(27)31-22/h2-10,13,22-23,26-27H,11-12,14-16H2,1H3/b17-13+/t22-,23+/m1/s1. The molecular weight excluding hydrogens is 427 g/mol. The van der Waals surface area contributed by atoms with Gasteiger partial charge in [-0.3, -0.25) is 0 Å². The lowest BCUT2D eigenvalue weighted by Crippen LogP contribution is -2.42. The van der Waals surface area contributed by atoms with Crippen molar-refractivity contribution in [2.75, 3.05) is 12.4 Å². The van der Waals surface area contributed by atoms with E-state index in [2.05, 4.69) is 0 Å². The number of aromatic hydroxyl groups is 1. The van der Waals surface area contributed by atoms with Crippen LogP contribution in [0, 0.1) is 0 Å². The Morgan fingerprint density at radius 1 is 1.19 bits per heavy atom. The summed E-state index contributed by atoms with van der Waals surface area (Å²) in [4.78, 5) is 0. The van der Waals surface area contributed by atoms with Crippen molar-refractivity contribution in [2.24, 2.45) is 0 Å². The molecule has 32 heavy (non-hydrogen) atoms. The molecule has 0 radical (unpaired) electrons. The maximum absolute atomic E-state index is 12.8. The van der Waals surface area contributed by atoms with Crippen LogP contribution in [0.4, 0.5) is 0 Å². The van der Waals surface area contributed by atoms with Gasteiger partial charge in [0.2, 0.25) is 0 Å². The van der Waals surface area contributed by atoms with Crippen LogP contribution >= 0.6 is 0 Å². The van der Waals surface area contributed by atoms with Gasteiger partial charge in [-0.05, 0) is 49.1 Å². The summed E-state index contributed by atoms with van der Waals surface area (Å²) in [6.45, 7) is 2.14. The van der Waals surface area contributed by atoms with Crippen LogP contribution < -0.4 is 4.74 Å². The van der Waals surface area contributed by atoms with Gasteiger partial charge in [-0.1, -0.05) is 48.0 Å². The second-order valence-corrected chi connectivity index (χ2v) is 10.5. The fourth-order valence-corrected chi connectivity index (χ4v) is 6.50. The van der Waals surface area contributed by atoms with Crippen molar-refractivity contribution in [1.29, 1.82) is 0 Å². The number of phenolic OH excluding ortho intramolecular Hbond substituents is 1. The average Bonchev–Trinajstić information content (AvgIpc) is 3.03. The lowest BCUT2D eigenvalue weighted by molar-refractivity contribution is 0.168. The van der Waals surface area contributed by atoms with E-state index >= 15 is 0 Å². The number of allylic oxidation sites excluding steroid dienone is 1. The zero-order valence-electron chi connectivity index (χ0n) is 18.0. The van der Waals surface area contributed by atoms with Gasteiger partial charge in [0.15, 0.2) is 9.84 Å². The highest BCUT2D eigenvalue weighted by Gasteiger charge is 2.48. The second kappa shape index (κ2) is 9.52. The quantitative estimate of drug-likeness (QED) is 0.491. The molecule has 0 bridgehead atoms. The summed E-state index contributed by atoms with van der Waals surface area (Å²) in [5, 5.41) is 19.5. The number of ether oxygens (including phenoxy) is 1. The normalized spacial score (nSPS) is 22.7. The Labute approximate surface area is 189 Å². The SMILES string of the molecule is C/C(=C\c1ccccc1O)CC[C@H]1OB(O)C[C@H]2C1=C(COc1ccccc1)CS2(=O)=O. The summed E-state index contributed by atoms with van der Waals surface area (Å²) in [7, 11) is -4.51. The minimum absolute atomic E-state index is 0.0513. The van der Waals surface area contributed by atoms with Gasteiger partial charge in [0.25, 0.3) is 0 Å². The van der Waals surface area contributed by atoms with Crippen molar-refractivity contribution in [3.05, 3.63) is 76.9 Å².